The van der Waals surface area contributed by atoms with E-state index < -0.39 is 7.26 Å². The summed E-state index contributed by atoms with van der Waals surface area (Å²) in [5, 5.41) is 7.26. The normalized spacial score (nSPS) is 11.0. The number of aryl methyl sites for hydroxylation is 1. The molecule has 0 aliphatic heterocycles. The first-order valence-electron chi connectivity index (χ1n) is 12.7. The van der Waals surface area contributed by atoms with Crippen LogP contribution in [0, 0.1) is 6.92 Å². The second-order valence-corrected chi connectivity index (χ2v) is 12.5. The molecule has 0 spiro atoms. The van der Waals surface area contributed by atoms with Gasteiger partial charge in [0.1, 0.15) is 15.9 Å². The SMILES string of the molecule is Cc1ccc(Nc2oc(-c3ccccc3)nc2[P+](c2ccccc2)(c2ccccc2)c2ccccc2)cc1.[Cl-]. The van der Waals surface area contributed by atoms with Crippen LogP contribution in [-0.2, 0) is 0 Å². The van der Waals surface area contributed by atoms with Gasteiger partial charge in [-0.25, -0.2) is 0 Å². The summed E-state index contributed by atoms with van der Waals surface area (Å²) in [6.45, 7) is 2.09. The largest absolute Gasteiger partial charge is 1.00 e. The lowest BCUT2D eigenvalue weighted by Gasteiger charge is -2.25. The van der Waals surface area contributed by atoms with Gasteiger partial charge in [-0.1, -0.05) is 90.5 Å². The van der Waals surface area contributed by atoms with E-state index in [2.05, 4.69) is 128 Å². The number of aromatic nitrogens is 1. The molecule has 0 saturated heterocycles. The molecule has 0 bridgehead atoms. The van der Waals surface area contributed by atoms with Crippen LogP contribution in [0.15, 0.2) is 150 Å². The van der Waals surface area contributed by atoms with Crippen LogP contribution in [0.25, 0.3) is 11.5 Å². The molecule has 192 valence electrons. The molecule has 0 atom stereocenters. The summed E-state index contributed by atoms with van der Waals surface area (Å²) in [6.07, 6.45) is 0. The molecule has 3 nitrogen and oxygen atoms in total. The van der Waals surface area contributed by atoms with Crippen molar-refractivity contribution in [1.29, 1.82) is 0 Å². The van der Waals surface area contributed by atoms with Crippen molar-refractivity contribution in [3.8, 4) is 11.5 Å². The smallest absolute Gasteiger partial charge is 0.263 e. The number of nitrogens with one attached hydrogen (secondary N) is 1. The third-order valence-electron chi connectivity index (χ3n) is 6.69. The molecular weight excluding hydrogens is 519 g/mol. The fourth-order valence-corrected chi connectivity index (χ4v) is 9.00. The average Bonchev–Trinajstić information content (AvgIpc) is 3.41. The van der Waals surface area contributed by atoms with E-state index in [1.807, 2.05) is 30.3 Å². The van der Waals surface area contributed by atoms with E-state index in [-0.39, 0.29) is 12.4 Å². The standard InChI is InChI=1S/C34H28N2OP.ClH/c1-26-22-24-28(25-23-26)35-33-34(36-32(37-33)27-14-6-2-7-15-27)38(29-16-8-3-9-17-29,30-18-10-4-11-19-30)31-20-12-5-13-21-31;/h2-25,35H,1H3;1H/q+1;/p-1. The molecule has 1 aromatic heterocycles. The number of benzene rings is 5. The van der Waals surface area contributed by atoms with Crippen molar-refractivity contribution in [1.82, 2.24) is 4.98 Å². The molecule has 0 radical (unpaired) electrons. The summed E-state index contributed by atoms with van der Waals surface area (Å²) in [4.78, 5) is 5.32. The number of hydrogen-bond donors (Lipinski definition) is 1. The quantitative estimate of drug-likeness (QED) is 0.307. The van der Waals surface area contributed by atoms with Gasteiger partial charge in [-0.2, -0.15) is 4.98 Å². The molecule has 1 heterocycles. The van der Waals surface area contributed by atoms with Crippen LogP contribution in [0.2, 0.25) is 0 Å². The van der Waals surface area contributed by atoms with Crippen LogP contribution < -0.4 is 39.1 Å². The van der Waals surface area contributed by atoms with Gasteiger partial charge in [-0.3, -0.25) is 0 Å². The number of halogens is 1. The Kier molecular flexibility index (Phi) is 7.93. The van der Waals surface area contributed by atoms with Gasteiger partial charge in [0.25, 0.3) is 11.3 Å². The molecule has 0 amide bonds. The Morgan fingerprint density at radius 2 is 1.00 bits per heavy atom. The van der Waals surface area contributed by atoms with Crippen LogP contribution in [0.5, 0.6) is 0 Å². The minimum absolute atomic E-state index is 0. The van der Waals surface area contributed by atoms with Gasteiger partial charge in [-0.05, 0) is 67.6 Å². The maximum atomic E-state index is 6.61. The maximum Gasteiger partial charge on any atom is 0.263 e. The lowest BCUT2D eigenvalue weighted by Crippen LogP contribution is -3.00. The molecule has 39 heavy (non-hydrogen) atoms. The monoisotopic (exact) mass is 546 g/mol. The summed E-state index contributed by atoms with van der Waals surface area (Å²) >= 11 is 0. The third-order valence-corrected chi connectivity index (χ3v) is 10.8. The lowest BCUT2D eigenvalue weighted by molar-refractivity contribution is -0.00000796. The van der Waals surface area contributed by atoms with E-state index in [9.17, 15) is 0 Å². The molecule has 0 saturated carbocycles. The van der Waals surface area contributed by atoms with Crippen LogP contribution in [0.1, 0.15) is 5.56 Å². The molecular formula is C34H28ClN2OP. The van der Waals surface area contributed by atoms with Crippen LogP contribution in [0.3, 0.4) is 0 Å². The van der Waals surface area contributed by atoms with E-state index >= 15 is 0 Å². The number of oxazole rings is 1. The van der Waals surface area contributed by atoms with Crippen molar-refractivity contribution >= 4 is 40.2 Å². The molecule has 0 aliphatic rings. The highest BCUT2D eigenvalue weighted by Crippen LogP contribution is 2.56. The highest BCUT2D eigenvalue weighted by Gasteiger charge is 2.53. The van der Waals surface area contributed by atoms with Gasteiger partial charge in [0, 0.05) is 11.3 Å². The second-order valence-electron chi connectivity index (χ2n) is 9.21. The van der Waals surface area contributed by atoms with Crippen LogP contribution in [0.4, 0.5) is 11.6 Å². The Labute approximate surface area is 236 Å². The van der Waals surface area contributed by atoms with Crippen molar-refractivity contribution in [2.45, 2.75) is 6.92 Å². The van der Waals surface area contributed by atoms with Crippen molar-refractivity contribution in [3.63, 3.8) is 0 Å². The molecule has 0 unspecified atom stereocenters. The van der Waals surface area contributed by atoms with Crippen molar-refractivity contribution in [2.24, 2.45) is 0 Å². The minimum atomic E-state index is -2.46. The van der Waals surface area contributed by atoms with Gasteiger partial charge in [0.15, 0.2) is 7.26 Å². The summed E-state index contributed by atoms with van der Waals surface area (Å²) in [6, 6.07) is 50.7. The maximum absolute atomic E-state index is 6.61. The van der Waals surface area contributed by atoms with E-state index in [1.54, 1.807) is 0 Å². The molecule has 5 aromatic carbocycles. The molecule has 0 fully saturated rings. The second kappa shape index (κ2) is 11.7. The number of nitrogens with zero attached hydrogens (tertiary/aromatic N) is 1. The third kappa shape index (κ3) is 5.12. The number of hydrogen-bond acceptors (Lipinski definition) is 3. The Balaban J connectivity index is 0.00000308. The topological polar surface area (TPSA) is 38.1 Å². The first-order chi connectivity index (χ1) is 18.7. The summed E-state index contributed by atoms with van der Waals surface area (Å²) in [7, 11) is -2.46. The Bertz CT molecular complexity index is 1530. The van der Waals surface area contributed by atoms with Gasteiger partial charge in [-0.15, -0.1) is 0 Å². The average molecular weight is 547 g/mol. The van der Waals surface area contributed by atoms with E-state index in [0.29, 0.717) is 11.8 Å². The van der Waals surface area contributed by atoms with Gasteiger partial charge in [0.05, 0.1) is 0 Å². The van der Waals surface area contributed by atoms with Gasteiger partial charge >= 0.3 is 0 Å². The highest BCUT2D eigenvalue weighted by molar-refractivity contribution is 8.01. The Hall–Kier alpha value is -4.17. The molecule has 1 N–H and O–H groups in total. The van der Waals surface area contributed by atoms with E-state index in [0.717, 1.165) is 16.7 Å². The highest BCUT2D eigenvalue weighted by atomic mass is 35.5. The predicted octanol–water partition coefficient (Wildman–Crippen LogP) is 4.02. The summed E-state index contributed by atoms with van der Waals surface area (Å²) < 4.78 is 6.61. The van der Waals surface area contributed by atoms with Gasteiger partial charge in [0.2, 0.25) is 5.89 Å². The minimum Gasteiger partial charge on any atom is -1.00 e. The zero-order valence-electron chi connectivity index (χ0n) is 21.5. The predicted molar refractivity (Wildman–Crippen MR) is 161 cm³/mol. The molecule has 6 rings (SSSR count). The van der Waals surface area contributed by atoms with E-state index in [1.165, 1.54) is 21.5 Å². The van der Waals surface area contributed by atoms with Crippen LogP contribution in [-0.4, -0.2) is 4.98 Å². The van der Waals surface area contributed by atoms with Crippen LogP contribution >= 0.6 is 7.26 Å². The fraction of sp³-hybridized carbons (Fsp3) is 0.0294. The number of anilines is 2. The molecule has 6 aromatic rings. The van der Waals surface area contributed by atoms with Crippen molar-refractivity contribution in [2.75, 3.05) is 5.32 Å². The van der Waals surface area contributed by atoms with Gasteiger partial charge < -0.3 is 22.1 Å². The Morgan fingerprint density at radius 1 is 0.564 bits per heavy atom. The first kappa shape index (κ1) is 26.4. The first-order valence-corrected chi connectivity index (χ1v) is 14.5. The summed E-state index contributed by atoms with van der Waals surface area (Å²) in [5.74, 6) is 1.26. The van der Waals surface area contributed by atoms with Crippen molar-refractivity contribution < 1.29 is 16.8 Å². The summed E-state index contributed by atoms with van der Waals surface area (Å²) in [5.41, 5.74) is 4.02. The zero-order valence-corrected chi connectivity index (χ0v) is 23.2. The fourth-order valence-electron chi connectivity index (χ4n) is 4.86. The molecule has 5 heteroatoms. The van der Waals surface area contributed by atoms with E-state index in [4.69, 9.17) is 9.40 Å². The Morgan fingerprint density at radius 3 is 1.46 bits per heavy atom. The van der Waals surface area contributed by atoms with Crippen molar-refractivity contribution in [3.05, 3.63) is 151 Å². The molecule has 0 aliphatic carbocycles. The zero-order chi connectivity index (χ0) is 25.8. The lowest BCUT2D eigenvalue weighted by atomic mass is 10.2. The number of rotatable bonds is 7.